The lowest BCUT2D eigenvalue weighted by Gasteiger charge is -2.15. The van der Waals surface area contributed by atoms with E-state index in [1.165, 1.54) is 0 Å². The fourth-order valence-electron chi connectivity index (χ4n) is 1.05. The van der Waals surface area contributed by atoms with Crippen LogP contribution in [-0.2, 0) is 6.54 Å². The first-order valence-corrected chi connectivity index (χ1v) is 5.04. The van der Waals surface area contributed by atoms with E-state index in [9.17, 15) is 4.79 Å². The van der Waals surface area contributed by atoms with Crippen molar-refractivity contribution in [3.8, 4) is 0 Å². The SMILES string of the molecule is CCN(C)C(=O)NCc1ccc(C)cn1. The Bertz CT molecular complexity index is 321. The highest BCUT2D eigenvalue weighted by Crippen LogP contribution is 1.98. The van der Waals surface area contributed by atoms with E-state index in [2.05, 4.69) is 10.3 Å². The first-order chi connectivity index (χ1) is 7.13. The maximum Gasteiger partial charge on any atom is 0.317 e. The molecule has 0 bridgehead atoms. The largest absolute Gasteiger partial charge is 0.332 e. The average Bonchev–Trinajstić information content (AvgIpc) is 2.26. The topological polar surface area (TPSA) is 45.2 Å². The fraction of sp³-hybridized carbons (Fsp3) is 0.455. The molecule has 0 aliphatic rings. The van der Waals surface area contributed by atoms with Crippen molar-refractivity contribution >= 4 is 6.03 Å². The molecular weight excluding hydrogens is 190 g/mol. The fourth-order valence-corrected chi connectivity index (χ4v) is 1.05. The van der Waals surface area contributed by atoms with Gasteiger partial charge < -0.3 is 10.2 Å². The lowest BCUT2D eigenvalue weighted by atomic mass is 10.3. The molecule has 1 N–H and O–H groups in total. The van der Waals surface area contributed by atoms with Gasteiger partial charge in [0.15, 0.2) is 0 Å². The predicted molar refractivity (Wildman–Crippen MR) is 59.5 cm³/mol. The zero-order chi connectivity index (χ0) is 11.3. The monoisotopic (exact) mass is 207 g/mol. The molecule has 2 amide bonds. The van der Waals surface area contributed by atoms with E-state index in [1.54, 1.807) is 18.1 Å². The van der Waals surface area contributed by atoms with Crippen LogP contribution in [-0.4, -0.2) is 29.5 Å². The summed E-state index contributed by atoms with van der Waals surface area (Å²) in [6.45, 7) is 5.10. The van der Waals surface area contributed by atoms with Crippen LogP contribution in [0.2, 0.25) is 0 Å². The summed E-state index contributed by atoms with van der Waals surface area (Å²) in [6.07, 6.45) is 1.80. The Morgan fingerprint density at radius 1 is 1.53 bits per heavy atom. The molecule has 15 heavy (non-hydrogen) atoms. The maximum absolute atomic E-state index is 11.4. The quantitative estimate of drug-likeness (QED) is 0.817. The van der Waals surface area contributed by atoms with Gasteiger partial charge in [-0.3, -0.25) is 4.98 Å². The second-order valence-corrected chi connectivity index (χ2v) is 3.50. The molecule has 0 radical (unpaired) electrons. The molecule has 4 heteroatoms. The Balaban J connectivity index is 2.43. The van der Waals surface area contributed by atoms with E-state index in [0.29, 0.717) is 13.1 Å². The number of aromatic nitrogens is 1. The van der Waals surface area contributed by atoms with Crippen LogP contribution in [0.5, 0.6) is 0 Å². The van der Waals surface area contributed by atoms with Crippen molar-refractivity contribution < 1.29 is 4.79 Å². The number of hydrogen-bond donors (Lipinski definition) is 1. The Morgan fingerprint density at radius 2 is 2.27 bits per heavy atom. The van der Waals surface area contributed by atoms with Gasteiger partial charge >= 0.3 is 6.03 Å². The first-order valence-electron chi connectivity index (χ1n) is 5.04. The van der Waals surface area contributed by atoms with Crippen LogP contribution in [0, 0.1) is 6.92 Å². The molecule has 1 heterocycles. The van der Waals surface area contributed by atoms with Crippen LogP contribution in [0.25, 0.3) is 0 Å². The molecule has 0 fully saturated rings. The van der Waals surface area contributed by atoms with Gasteiger partial charge in [-0.05, 0) is 25.5 Å². The second-order valence-electron chi connectivity index (χ2n) is 3.50. The number of carbonyl (C=O) groups is 1. The number of rotatable bonds is 3. The van der Waals surface area contributed by atoms with Gasteiger partial charge in [0.1, 0.15) is 0 Å². The lowest BCUT2D eigenvalue weighted by molar-refractivity contribution is 0.210. The summed E-state index contributed by atoms with van der Waals surface area (Å²) in [5, 5.41) is 2.79. The minimum atomic E-state index is -0.0696. The van der Waals surface area contributed by atoms with Crippen molar-refractivity contribution in [3.05, 3.63) is 29.6 Å². The van der Waals surface area contributed by atoms with Crippen LogP contribution in [0.4, 0.5) is 4.79 Å². The van der Waals surface area contributed by atoms with Crippen LogP contribution in [0.1, 0.15) is 18.2 Å². The summed E-state index contributed by atoms with van der Waals surface area (Å²) in [5.41, 5.74) is 1.99. The third kappa shape index (κ3) is 3.58. The number of nitrogens with zero attached hydrogens (tertiary/aromatic N) is 2. The number of aryl methyl sites for hydroxylation is 1. The van der Waals surface area contributed by atoms with Crippen LogP contribution in [0.3, 0.4) is 0 Å². The average molecular weight is 207 g/mol. The van der Waals surface area contributed by atoms with Gasteiger partial charge in [0.2, 0.25) is 0 Å². The normalized spacial score (nSPS) is 9.80. The van der Waals surface area contributed by atoms with Gasteiger partial charge in [0.05, 0.1) is 12.2 Å². The minimum absolute atomic E-state index is 0.0696. The van der Waals surface area contributed by atoms with Crippen molar-refractivity contribution in [3.63, 3.8) is 0 Å². The van der Waals surface area contributed by atoms with Crippen molar-refractivity contribution in [2.45, 2.75) is 20.4 Å². The first kappa shape index (κ1) is 11.5. The molecule has 0 saturated carbocycles. The Labute approximate surface area is 90.3 Å². The molecule has 0 spiro atoms. The second kappa shape index (κ2) is 5.34. The molecule has 82 valence electrons. The maximum atomic E-state index is 11.4. The summed E-state index contributed by atoms with van der Waals surface area (Å²) in [4.78, 5) is 17.2. The molecule has 0 saturated heterocycles. The highest BCUT2D eigenvalue weighted by molar-refractivity contribution is 5.73. The molecular formula is C11H17N3O. The van der Waals surface area contributed by atoms with Gasteiger partial charge in [-0.15, -0.1) is 0 Å². The Hall–Kier alpha value is -1.58. The number of pyridine rings is 1. The number of hydrogen-bond acceptors (Lipinski definition) is 2. The van der Waals surface area contributed by atoms with Crippen molar-refractivity contribution in [1.82, 2.24) is 15.2 Å². The van der Waals surface area contributed by atoms with Gasteiger partial charge in [-0.1, -0.05) is 6.07 Å². The molecule has 0 aromatic carbocycles. The third-order valence-corrected chi connectivity index (χ3v) is 2.21. The Kier molecular flexibility index (Phi) is 4.09. The molecule has 1 aromatic rings. The van der Waals surface area contributed by atoms with E-state index < -0.39 is 0 Å². The smallest absolute Gasteiger partial charge is 0.317 e. The van der Waals surface area contributed by atoms with Gasteiger partial charge in [-0.2, -0.15) is 0 Å². The number of nitrogens with one attached hydrogen (secondary N) is 1. The molecule has 1 aromatic heterocycles. The van der Waals surface area contributed by atoms with Crippen molar-refractivity contribution in [2.24, 2.45) is 0 Å². The summed E-state index contributed by atoms with van der Waals surface area (Å²) >= 11 is 0. The zero-order valence-corrected chi connectivity index (χ0v) is 9.45. The third-order valence-electron chi connectivity index (χ3n) is 2.21. The number of urea groups is 1. The highest BCUT2D eigenvalue weighted by Gasteiger charge is 2.04. The molecule has 0 aliphatic carbocycles. The number of amides is 2. The van der Waals surface area contributed by atoms with Crippen LogP contribution >= 0.6 is 0 Å². The summed E-state index contributed by atoms with van der Waals surface area (Å²) in [5.74, 6) is 0. The summed E-state index contributed by atoms with van der Waals surface area (Å²) in [6, 6.07) is 3.83. The van der Waals surface area contributed by atoms with Gasteiger partial charge in [0.25, 0.3) is 0 Å². The molecule has 4 nitrogen and oxygen atoms in total. The summed E-state index contributed by atoms with van der Waals surface area (Å²) in [7, 11) is 1.76. The highest BCUT2D eigenvalue weighted by atomic mass is 16.2. The van der Waals surface area contributed by atoms with Crippen molar-refractivity contribution in [1.29, 1.82) is 0 Å². The van der Waals surface area contributed by atoms with E-state index in [1.807, 2.05) is 26.0 Å². The van der Waals surface area contributed by atoms with E-state index in [0.717, 1.165) is 11.3 Å². The standard InChI is InChI=1S/C11H17N3O/c1-4-14(3)11(15)13-8-10-6-5-9(2)7-12-10/h5-7H,4,8H2,1-3H3,(H,13,15). The molecule has 0 unspecified atom stereocenters. The lowest BCUT2D eigenvalue weighted by Crippen LogP contribution is -2.36. The van der Waals surface area contributed by atoms with E-state index in [4.69, 9.17) is 0 Å². The van der Waals surface area contributed by atoms with E-state index in [-0.39, 0.29) is 6.03 Å². The van der Waals surface area contributed by atoms with Crippen LogP contribution in [0.15, 0.2) is 18.3 Å². The van der Waals surface area contributed by atoms with Gasteiger partial charge in [-0.25, -0.2) is 4.79 Å². The predicted octanol–water partition coefficient (Wildman–Crippen LogP) is 1.55. The van der Waals surface area contributed by atoms with Crippen LogP contribution < -0.4 is 5.32 Å². The summed E-state index contributed by atoms with van der Waals surface area (Å²) < 4.78 is 0. The zero-order valence-electron chi connectivity index (χ0n) is 9.45. The van der Waals surface area contributed by atoms with Crippen molar-refractivity contribution in [2.75, 3.05) is 13.6 Å². The van der Waals surface area contributed by atoms with Gasteiger partial charge in [0, 0.05) is 19.8 Å². The molecule has 0 atom stereocenters. The minimum Gasteiger partial charge on any atom is -0.332 e. The number of carbonyl (C=O) groups excluding carboxylic acids is 1. The Morgan fingerprint density at radius 3 is 2.80 bits per heavy atom. The van der Waals surface area contributed by atoms with E-state index >= 15 is 0 Å². The molecule has 0 aliphatic heterocycles. The molecule has 1 rings (SSSR count).